The molecule has 6 heteroatoms. The highest BCUT2D eigenvalue weighted by molar-refractivity contribution is 5.96. The number of carbonyl (C=O) groups excluding carboxylic acids is 1. The topological polar surface area (TPSA) is 69.0 Å². The third-order valence-electron chi connectivity index (χ3n) is 3.82. The summed E-state index contributed by atoms with van der Waals surface area (Å²) in [7, 11) is 1.90. The Balaban J connectivity index is 1.94. The minimum Gasteiger partial charge on any atom is -0.477 e. The van der Waals surface area contributed by atoms with Crippen molar-refractivity contribution < 1.29 is 9.53 Å². The van der Waals surface area contributed by atoms with E-state index in [2.05, 4.69) is 15.3 Å². The van der Waals surface area contributed by atoms with Crippen molar-refractivity contribution >= 4 is 5.91 Å². The van der Waals surface area contributed by atoms with E-state index in [1.165, 1.54) is 0 Å². The molecule has 1 aromatic carbocycles. The molecule has 0 aliphatic rings. The molecule has 0 saturated heterocycles. The molecule has 2 aromatic heterocycles. The Bertz CT molecular complexity index is 845. The summed E-state index contributed by atoms with van der Waals surface area (Å²) >= 11 is 0. The zero-order chi connectivity index (χ0) is 17.6. The SMILES string of the molecule is CCOc1ncccc1C(=O)N[C@@H](c1ccccc1)c1nccn1C. The number of imidazole rings is 1. The maximum atomic E-state index is 12.9. The molecule has 3 aromatic rings. The first-order valence-corrected chi connectivity index (χ1v) is 8.11. The van der Waals surface area contributed by atoms with Crippen molar-refractivity contribution in [2.45, 2.75) is 13.0 Å². The molecule has 0 fully saturated rings. The summed E-state index contributed by atoms with van der Waals surface area (Å²) < 4.78 is 7.36. The lowest BCUT2D eigenvalue weighted by molar-refractivity contribution is 0.0936. The van der Waals surface area contributed by atoms with Crippen LogP contribution in [-0.4, -0.2) is 27.0 Å². The molecular formula is C19H20N4O2. The molecule has 128 valence electrons. The second-order valence-electron chi connectivity index (χ2n) is 5.50. The van der Waals surface area contributed by atoms with Gasteiger partial charge < -0.3 is 14.6 Å². The van der Waals surface area contributed by atoms with Crippen LogP contribution in [0, 0.1) is 0 Å². The Hall–Kier alpha value is -3.15. The Morgan fingerprint density at radius 3 is 2.64 bits per heavy atom. The lowest BCUT2D eigenvalue weighted by Gasteiger charge is -2.19. The van der Waals surface area contributed by atoms with Crippen LogP contribution in [0.3, 0.4) is 0 Å². The van der Waals surface area contributed by atoms with E-state index in [9.17, 15) is 4.79 Å². The summed E-state index contributed by atoms with van der Waals surface area (Å²) in [6.07, 6.45) is 5.18. The summed E-state index contributed by atoms with van der Waals surface area (Å²) in [5.74, 6) is 0.823. The van der Waals surface area contributed by atoms with Crippen LogP contribution in [0.2, 0.25) is 0 Å². The fourth-order valence-electron chi connectivity index (χ4n) is 2.62. The Labute approximate surface area is 146 Å². The van der Waals surface area contributed by atoms with Gasteiger partial charge in [0.05, 0.1) is 6.61 Å². The van der Waals surface area contributed by atoms with Crippen LogP contribution < -0.4 is 10.1 Å². The van der Waals surface area contributed by atoms with Crippen LogP contribution in [0.5, 0.6) is 5.88 Å². The summed E-state index contributed by atoms with van der Waals surface area (Å²) in [5.41, 5.74) is 1.35. The highest BCUT2D eigenvalue weighted by Gasteiger charge is 2.23. The lowest BCUT2D eigenvalue weighted by atomic mass is 10.1. The smallest absolute Gasteiger partial charge is 0.257 e. The van der Waals surface area contributed by atoms with Gasteiger partial charge in [-0.05, 0) is 24.6 Å². The molecule has 3 rings (SSSR count). The molecular weight excluding hydrogens is 316 g/mol. The van der Waals surface area contributed by atoms with Crippen molar-refractivity contribution in [1.29, 1.82) is 0 Å². The predicted octanol–water partition coefficient (Wildman–Crippen LogP) is 2.73. The first-order chi connectivity index (χ1) is 12.2. The van der Waals surface area contributed by atoms with E-state index < -0.39 is 0 Å². The molecule has 2 heterocycles. The van der Waals surface area contributed by atoms with Gasteiger partial charge in [0.25, 0.3) is 5.91 Å². The number of rotatable bonds is 6. The van der Waals surface area contributed by atoms with Gasteiger partial charge in [-0.1, -0.05) is 30.3 Å². The van der Waals surface area contributed by atoms with Gasteiger partial charge >= 0.3 is 0 Å². The highest BCUT2D eigenvalue weighted by atomic mass is 16.5. The van der Waals surface area contributed by atoms with E-state index in [4.69, 9.17) is 4.74 Å². The van der Waals surface area contributed by atoms with Crippen molar-refractivity contribution in [1.82, 2.24) is 19.9 Å². The zero-order valence-corrected chi connectivity index (χ0v) is 14.2. The minimum absolute atomic E-state index is 0.256. The first kappa shape index (κ1) is 16.7. The van der Waals surface area contributed by atoms with Crippen molar-refractivity contribution in [2.75, 3.05) is 6.61 Å². The van der Waals surface area contributed by atoms with Crippen molar-refractivity contribution in [3.63, 3.8) is 0 Å². The molecule has 0 radical (unpaired) electrons. The highest BCUT2D eigenvalue weighted by Crippen LogP contribution is 2.22. The number of aromatic nitrogens is 3. The average Bonchev–Trinajstić information content (AvgIpc) is 3.07. The number of ether oxygens (including phenoxy) is 1. The first-order valence-electron chi connectivity index (χ1n) is 8.11. The molecule has 1 atom stereocenters. The van der Waals surface area contributed by atoms with Gasteiger partial charge in [0.2, 0.25) is 5.88 Å². The monoisotopic (exact) mass is 336 g/mol. The number of benzene rings is 1. The van der Waals surface area contributed by atoms with Crippen LogP contribution in [0.15, 0.2) is 61.1 Å². The van der Waals surface area contributed by atoms with Gasteiger partial charge in [0.1, 0.15) is 17.4 Å². The maximum absolute atomic E-state index is 12.9. The van der Waals surface area contributed by atoms with Crippen molar-refractivity contribution in [3.8, 4) is 5.88 Å². The number of nitrogens with zero attached hydrogens (tertiary/aromatic N) is 3. The zero-order valence-electron chi connectivity index (χ0n) is 14.2. The number of carbonyl (C=O) groups is 1. The van der Waals surface area contributed by atoms with E-state index in [0.717, 1.165) is 11.4 Å². The Morgan fingerprint density at radius 1 is 1.16 bits per heavy atom. The molecule has 6 nitrogen and oxygen atoms in total. The summed E-state index contributed by atoms with van der Waals surface area (Å²) in [5, 5.41) is 3.05. The van der Waals surface area contributed by atoms with Crippen LogP contribution in [-0.2, 0) is 7.05 Å². The van der Waals surface area contributed by atoms with Crippen LogP contribution in [0.25, 0.3) is 0 Å². The Morgan fingerprint density at radius 2 is 1.96 bits per heavy atom. The van der Waals surface area contributed by atoms with E-state index in [0.29, 0.717) is 18.1 Å². The fourth-order valence-corrected chi connectivity index (χ4v) is 2.62. The summed E-state index contributed by atoms with van der Waals surface area (Å²) in [6, 6.07) is 12.8. The van der Waals surface area contributed by atoms with E-state index in [1.54, 1.807) is 24.5 Å². The molecule has 1 amide bonds. The quantitative estimate of drug-likeness (QED) is 0.751. The number of amides is 1. The molecule has 1 N–H and O–H groups in total. The minimum atomic E-state index is -0.372. The largest absolute Gasteiger partial charge is 0.477 e. The molecule has 0 bridgehead atoms. The molecule has 0 unspecified atom stereocenters. The number of nitrogens with one attached hydrogen (secondary N) is 1. The molecule has 0 aliphatic carbocycles. The van der Waals surface area contributed by atoms with E-state index in [-0.39, 0.29) is 11.9 Å². The Kier molecular flexibility index (Phi) is 5.09. The molecule has 0 aliphatic heterocycles. The number of aryl methyl sites for hydroxylation is 1. The summed E-state index contributed by atoms with van der Waals surface area (Å²) in [4.78, 5) is 21.4. The van der Waals surface area contributed by atoms with E-state index in [1.807, 2.05) is 55.1 Å². The van der Waals surface area contributed by atoms with Gasteiger partial charge in [-0.3, -0.25) is 4.79 Å². The second-order valence-corrected chi connectivity index (χ2v) is 5.50. The normalized spacial score (nSPS) is 11.8. The third kappa shape index (κ3) is 3.68. The third-order valence-corrected chi connectivity index (χ3v) is 3.82. The molecule has 0 spiro atoms. The average molecular weight is 336 g/mol. The number of hydrogen-bond donors (Lipinski definition) is 1. The number of hydrogen-bond acceptors (Lipinski definition) is 4. The van der Waals surface area contributed by atoms with Crippen LogP contribution >= 0.6 is 0 Å². The maximum Gasteiger partial charge on any atom is 0.257 e. The van der Waals surface area contributed by atoms with E-state index >= 15 is 0 Å². The van der Waals surface area contributed by atoms with Crippen LogP contribution in [0.1, 0.15) is 34.7 Å². The van der Waals surface area contributed by atoms with Crippen molar-refractivity contribution in [2.24, 2.45) is 7.05 Å². The number of pyridine rings is 1. The second kappa shape index (κ2) is 7.61. The van der Waals surface area contributed by atoms with Gasteiger partial charge in [0.15, 0.2) is 0 Å². The summed E-state index contributed by atoms with van der Waals surface area (Å²) in [6.45, 7) is 2.30. The van der Waals surface area contributed by atoms with Crippen LogP contribution in [0.4, 0.5) is 0 Å². The van der Waals surface area contributed by atoms with Gasteiger partial charge in [-0.25, -0.2) is 9.97 Å². The van der Waals surface area contributed by atoms with Crippen molar-refractivity contribution in [3.05, 3.63) is 78.0 Å². The molecule has 0 saturated carbocycles. The fraction of sp³-hybridized carbons (Fsp3) is 0.211. The van der Waals surface area contributed by atoms with Gasteiger partial charge in [-0.2, -0.15) is 0 Å². The predicted molar refractivity (Wildman–Crippen MR) is 94.4 cm³/mol. The van der Waals surface area contributed by atoms with Gasteiger partial charge in [-0.15, -0.1) is 0 Å². The molecule has 25 heavy (non-hydrogen) atoms. The lowest BCUT2D eigenvalue weighted by Crippen LogP contribution is -2.31. The van der Waals surface area contributed by atoms with Gasteiger partial charge in [0, 0.05) is 25.6 Å². The standard InChI is InChI=1S/C19H20N4O2/c1-3-25-19-15(10-7-11-21-19)18(24)22-16(14-8-5-4-6-9-14)17-20-12-13-23(17)2/h4-13,16H,3H2,1-2H3,(H,22,24)/t16-/m0/s1.